The van der Waals surface area contributed by atoms with Crippen molar-refractivity contribution in [2.24, 2.45) is 0 Å². The first-order valence-corrected chi connectivity index (χ1v) is 8.94. The zero-order valence-electron chi connectivity index (χ0n) is 14.4. The van der Waals surface area contributed by atoms with E-state index in [1.807, 2.05) is 18.3 Å². The Morgan fingerprint density at radius 1 is 1.00 bits per heavy atom. The topological polar surface area (TPSA) is 42.2 Å². The van der Waals surface area contributed by atoms with E-state index in [4.69, 9.17) is 9.40 Å². The zero-order valence-corrected chi connectivity index (χ0v) is 14.4. The van der Waals surface area contributed by atoms with E-state index in [0.29, 0.717) is 5.82 Å². The molecule has 0 N–H and O–H groups in total. The van der Waals surface area contributed by atoms with Gasteiger partial charge in [-0.05, 0) is 28.5 Å². The van der Waals surface area contributed by atoms with Crippen LogP contribution in [0, 0.1) is 0 Å². The molecule has 0 atom stereocenters. The smallest absolute Gasteiger partial charge is 0.195 e. The third-order valence-corrected chi connectivity index (χ3v) is 5.03. The van der Waals surface area contributed by atoms with Crippen LogP contribution in [0.1, 0.15) is 16.8 Å². The van der Waals surface area contributed by atoms with E-state index in [1.54, 1.807) is 6.26 Å². The molecule has 0 saturated heterocycles. The van der Waals surface area contributed by atoms with Gasteiger partial charge in [-0.1, -0.05) is 42.5 Å². The van der Waals surface area contributed by atoms with E-state index in [2.05, 4.69) is 52.3 Å². The van der Waals surface area contributed by atoms with E-state index in [1.165, 1.54) is 21.9 Å². The molecule has 0 saturated carbocycles. The Morgan fingerprint density at radius 3 is 2.85 bits per heavy atom. The summed E-state index contributed by atoms with van der Waals surface area (Å²) in [4.78, 5) is 11.7. The van der Waals surface area contributed by atoms with Crippen LogP contribution < -0.4 is 0 Å². The Balaban J connectivity index is 1.39. The van der Waals surface area contributed by atoms with Gasteiger partial charge in [0.1, 0.15) is 0 Å². The predicted molar refractivity (Wildman–Crippen MR) is 102 cm³/mol. The van der Waals surface area contributed by atoms with E-state index in [-0.39, 0.29) is 0 Å². The number of nitrogens with zero attached hydrogens (tertiary/aromatic N) is 3. The molecule has 1 aliphatic rings. The quantitative estimate of drug-likeness (QED) is 0.552. The molecular formula is C22H19N3O. The molecule has 0 radical (unpaired) electrons. The van der Waals surface area contributed by atoms with Crippen LogP contribution in [-0.4, -0.2) is 21.4 Å². The Hall–Kier alpha value is -2.98. The first-order chi connectivity index (χ1) is 12.9. The number of rotatable bonds is 3. The summed E-state index contributed by atoms with van der Waals surface area (Å²) in [5.74, 6) is 1.40. The van der Waals surface area contributed by atoms with Crippen LogP contribution in [0.25, 0.3) is 22.4 Å². The van der Waals surface area contributed by atoms with Gasteiger partial charge in [0.25, 0.3) is 0 Å². The molecule has 4 nitrogen and oxygen atoms in total. The lowest BCUT2D eigenvalue weighted by Crippen LogP contribution is -2.31. The lowest BCUT2D eigenvalue weighted by Gasteiger charge is -2.28. The normalized spacial score (nSPS) is 14.5. The van der Waals surface area contributed by atoms with Gasteiger partial charge in [0.2, 0.25) is 0 Å². The molecule has 5 rings (SSSR count). The number of hydrogen-bond acceptors (Lipinski definition) is 4. The summed E-state index contributed by atoms with van der Waals surface area (Å²) >= 11 is 0. The SMILES string of the molecule is c1coc(-c2ncc3c(n2)CCN(Cc2cccc4ccccc24)C3)c1. The zero-order chi connectivity index (χ0) is 17.3. The Morgan fingerprint density at radius 2 is 1.92 bits per heavy atom. The maximum absolute atomic E-state index is 5.42. The third-order valence-electron chi connectivity index (χ3n) is 5.03. The molecule has 0 spiro atoms. The molecule has 4 aromatic rings. The van der Waals surface area contributed by atoms with Crippen molar-refractivity contribution >= 4 is 10.8 Å². The number of benzene rings is 2. The van der Waals surface area contributed by atoms with Crippen LogP contribution >= 0.6 is 0 Å². The van der Waals surface area contributed by atoms with Crippen molar-refractivity contribution in [3.05, 3.63) is 83.9 Å². The lowest BCUT2D eigenvalue weighted by molar-refractivity contribution is 0.244. The van der Waals surface area contributed by atoms with Gasteiger partial charge in [-0.15, -0.1) is 0 Å². The molecular weight excluding hydrogens is 322 g/mol. The van der Waals surface area contributed by atoms with Crippen molar-refractivity contribution in [3.8, 4) is 11.6 Å². The summed E-state index contributed by atoms with van der Waals surface area (Å²) in [5, 5.41) is 2.64. The lowest BCUT2D eigenvalue weighted by atomic mass is 10.0. The summed E-state index contributed by atoms with van der Waals surface area (Å²) < 4.78 is 5.42. The van der Waals surface area contributed by atoms with Crippen molar-refractivity contribution in [1.82, 2.24) is 14.9 Å². The second-order valence-electron chi connectivity index (χ2n) is 6.74. The van der Waals surface area contributed by atoms with E-state index < -0.39 is 0 Å². The second-order valence-corrected chi connectivity index (χ2v) is 6.74. The number of aromatic nitrogens is 2. The number of furan rings is 1. The van der Waals surface area contributed by atoms with Crippen LogP contribution in [0.15, 0.2) is 71.5 Å². The predicted octanol–water partition coefficient (Wildman–Crippen LogP) is 4.45. The Bertz CT molecular complexity index is 1050. The van der Waals surface area contributed by atoms with Gasteiger partial charge in [0.15, 0.2) is 11.6 Å². The van der Waals surface area contributed by atoms with E-state index in [9.17, 15) is 0 Å². The standard InChI is InChI=1S/C22H19N3O/c1-2-8-19-16(5-1)6-3-7-17(19)14-25-11-10-20-18(15-25)13-23-22(24-20)21-9-4-12-26-21/h1-9,12-13H,10-11,14-15H2. The summed E-state index contributed by atoms with van der Waals surface area (Å²) in [6.07, 6.45) is 4.55. The van der Waals surface area contributed by atoms with Crippen LogP contribution in [-0.2, 0) is 19.5 Å². The van der Waals surface area contributed by atoms with Crippen molar-refractivity contribution in [2.75, 3.05) is 6.54 Å². The summed E-state index contributed by atoms with van der Waals surface area (Å²) in [5.41, 5.74) is 3.73. The average Bonchev–Trinajstić information content (AvgIpc) is 3.23. The first kappa shape index (κ1) is 15.3. The largest absolute Gasteiger partial charge is 0.461 e. The Kier molecular flexibility index (Phi) is 3.76. The molecule has 128 valence electrons. The maximum Gasteiger partial charge on any atom is 0.195 e. The average molecular weight is 341 g/mol. The molecule has 26 heavy (non-hydrogen) atoms. The highest BCUT2D eigenvalue weighted by Gasteiger charge is 2.20. The number of hydrogen-bond donors (Lipinski definition) is 0. The van der Waals surface area contributed by atoms with Crippen LogP contribution in [0.2, 0.25) is 0 Å². The molecule has 0 unspecified atom stereocenters. The van der Waals surface area contributed by atoms with E-state index >= 15 is 0 Å². The van der Waals surface area contributed by atoms with Gasteiger partial charge in [-0.2, -0.15) is 0 Å². The first-order valence-electron chi connectivity index (χ1n) is 8.94. The molecule has 0 bridgehead atoms. The molecule has 0 fully saturated rings. The summed E-state index contributed by atoms with van der Waals surface area (Å²) in [6, 6.07) is 18.9. The second kappa shape index (κ2) is 6.39. The monoisotopic (exact) mass is 341 g/mol. The molecule has 2 aromatic heterocycles. The molecule has 1 aliphatic heterocycles. The highest BCUT2D eigenvalue weighted by molar-refractivity contribution is 5.85. The molecule has 0 aliphatic carbocycles. The van der Waals surface area contributed by atoms with Crippen molar-refractivity contribution in [1.29, 1.82) is 0 Å². The van der Waals surface area contributed by atoms with Crippen LogP contribution in [0.3, 0.4) is 0 Å². The number of fused-ring (bicyclic) bond motifs is 2. The molecule has 4 heteroatoms. The maximum atomic E-state index is 5.42. The third kappa shape index (κ3) is 2.78. The van der Waals surface area contributed by atoms with Gasteiger partial charge in [0.05, 0.1) is 12.0 Å². The fourth-order valence-corrected chi connectivity index (χ4v) is 3.71. The van der Waals surface area contributed by atoms with Crippen molar-refractivity contribution in [2.45, 2.75) is 19.5 Å². The fourth-order valence-electron chi connectivity index (χ4n) is 3.71. The van der Waals surface area contributed by atoms with Gasteiger partial charge >= 0.3 is 0 Å². The van der Waals surface area contributed by atoms with Crippen LogP contribution in [0.5, 0.6) is 0 Å². The minimum Gasteiger partial charge on any atom is -0.461 e. The minimum absolute atomic E-state index is 0.677. The fraction of sp³-hybridized carbons (Fsp3) is 0.182. The van der Waals surface area contributed by atoms with Crippen molar-refractivity contribution in [3.63, 3.8) is 0 Å². The van der Waals surface area contributed by atoms with Crippen molar-refractivity contribution < 1.29 is 4.42 Å². The molecule has 0 amide bonds. The highest BCUT2D eigenvalue weighted by atomic mass is 16.3. The summed E-state index contributed by atoms with van der Waals surface area (Å²) in [7, 11) is 0. The van der Waals surface area contributed by atoms with Gasteiger partial charge < -0.3 is 4.42 Å². The van der Waals surface area contributed by atoms with Gasteiger partial charge in [0, 0.05) is 37.8 Å². The summed E-state index contributed by atoms with van der Waals surface area (Å²) in [6.45, 7) is 2.84. The van der Waals surface area contributed by atoms with Crippen LogP contribution in [0.4, 0.5) is 0 Å². The Labute approximate surface area is 152 Å². The van der Waals surface area contributed by atoms with E-state index in [0.717, 1.165) is 37.5 Å². The van der Waals surface area contributed by atoms with Gasteiger partial charge in [-0.3, -0.25) is 4.90 Å². The molecule has 2 aromatic carbocycles. The molecule has 3 heterocycles. The highest BCUT2D eigenvalue weighted by Crippen LogP contribution is 2.25. The minimum atomic E-state index is 0.677. The van der Waals surface area contributed by atoms with Gasteiger partial charge in [-0.25, -0.2) is 9.97 Å².